The van der Waals surface area contributed by atoms with Crippen molar-refractivity contribution < 1.29 is 14.3 Å². The smallest absolute Gasteiger partial charge is 0.322 e. The van der Waals surface area contributed by atoms with Gasteiger partial charge in [-0.3, -0.25) is 0 Å². The van der Waals surface area contributed by atoms with Crippen molar-refractivity contribution in [3.63, 3.8) is 0 Å². The van der Waals surface area contributed by atoms with Gasteiger partial charge < -0.3 is 19.7 Å². The first-order chi connectivity index (χ1) is 13.1. The van der Waals surface area contributed by atoms with Crippen LogP contribution in [-0.4, -0.2) is 31.7 Å². The number of nitrogens with one attached hydrogen (secondary N) is 1. The first-order valence-corrected chi connectivity index (χ1v) is 9.55. The number of methoxy groups -OCH3 is 2. The lowest BCUT2D eigenvalue weighted by Crippen LogP contribution is -2.38. The minimum atomic E-state index is -0.136. The van der Waals surface area contributed by atoms with Gasteiger partial charge >= 0.3 is 6.03 Å². The molecule has 3 rings (SSSR count). The molecule has 1 aliphatic heterocycles. The van der Waals surface area contributed by atoms with E-state index in [-0.39, 0.29) is 12.1 Å². The third kappa shape index (κ3) is 4.66. The molecule has 27 heavy (non-hydrogen) atoms. The van der Waals surface area contributed by atoms with E-state index in [0.29, 0.717) is 28.8 Å². The number of likely N-dealkylation sites (tertiary alicyclic amines) is 1. The Hall–Kier alpha value is -2.40. The zero-order valence-electron chi connectivity index (χ0n) is 15.7. The lowest BCUT2D eigenvalue weighted by Gasteiger charge is -2.31. The molecule has 0 spiro atoms. The molecule has 2 amide bonds. The third-order valence-corrected chi connectivity index (χ3v) is 5.17. The van der Waals surface area contributed by atoms with Gasteiger partial charge in [-0.1, -0.05) is 36.6 Å². The fourth-order valence-electron chi connectivity index (χ4n) is 3.48. The summed E-state index contributed by atoms with van der Waals surface area (Å²) < 4.78 is 10.6. The molecule has 0 aliphatic carbocycles. The number of nitrogens with zero attached hydrogens (tertiary/aromatic N) is 1. The van der Waals surface area contributed by atoms with Crippen molar-refractivity contribution in [2.75, 3.05) is 26.1 Å². The molecule has 0 bridgehead atoms. The predicted molar refractivity (Wildman–Crippen MR) is 108 cm³/mol. The topological polar surface area (TPSA) is 50.8 Å². The highest BCUT2D eigenvalue weighted by Crippen LogP contribution is 2.33. The maximum absolute atomic E-state index is 13.1. The van der Waals surface area contributed by atoms with Gasteiger partial charge in [-0.05, 0) is 42.7 Å². The van der Waals surface area contributed by atoms with E-state index in [4.69, 9.17) is 21.1 Å². The zero-order valence-corrected chi connectivity index (χ0v) is 16.5. The van der Waals surface area contributed by atoms with Crippen LogP contribution in [0.4, 0.5) is 10.5 Å². The molecule has 1 heterocycles. The molecule has 1 saturated heterocycles. The first kappa shape index (κ1) is 19.4. The summed E-state index contributed by atoms with van der Waals surface area (Å²) in [6.07, 6.45) is 4.15. The van der Waals surface area contributed by atoms with Crippen LogP contribution in [0.5, 0.6) is 11.5 Å². The van der Waals surface area contributed by atoms with Crippen molar-refractivity contribution in [3.05, 3.63) is 53.1 Å². The SMILES string of the molecule is COc1ccc(OC)c(NC(=O)N2CCCCC[C@H]2c2ccc(Cl)cc2)c1. The van der Waals surface area contributed by atoms with Crippen LogP contribution in [0.3, 0.4) is 0 Å². The molecule has 1 atom stereocenters. The van der Waals surface area contributed by atoms with E-state index < -0.39 is 0 Å². The number of carbonyl (C=O) groups excluding carboxylic acids is 1. The van der Waals surface area contributed by atoms with Gasteiger partial charge in [0.25, 0.3) is 0 Å². The van der Waals surface area contributed by atoms with E-state index in [1.165, 1.54) is 0 Å². The molecule has 5 nitrogen and oxygen atoms in total. The molecule has 1 N–H and O–H groups in total. The average Bonchev–Trinajstić information content (AvgIpc) is 2.94. The van der Waals surface area contributed by atoms with Crippen LogP contribution < -0.4 is 14.8 Å². The molecule has 0 unspecified atom stereocenters. The van der Waals surface area contributed by atoms with Gasteiger partial charge in [0, 0.05) is 17.6 Å². The molecule has 144 valence electrons. The molecule has 1 fully saturated rings. The summed E-state index contributed by atoms with van der Waals surface area (Å²) in [7, 11) is 3.18. The van der Waals surface area contributed by atoms with E-state index in [1.54, 1.807) is 32.4 Å². The number of anilines is 1. The number of ether oxygens (including phenoxy) is 2. The van der Waals surface area contributed by atoms with E-state index in [1.807, 2.05) is 29.2 Å². The Morgan fingerprint density at radius 3 is 2.56 bits per heavy atom. The minimum Gasteiger partial charge on any atom is -0.497 e. The van der Waals surface area contributed by atoms with Crippen molar-refractivity contribution in [1.29, 1.82) is 0 Å². The molecule has 2 aromatic rings. The predicted octanol–water partition coefficient (Wildman–Crippen LogP) is 5.51. The van der Waals surface area contributed by atoms with Crippen LogP contribution in [0.2, 0.25) is 5.02 Å². The second-order valence-corrected chi connectivity index (χ2v) is 7.04. The highest BCUT2D eigenvalue weighted by molar-refractivity contribution is 6.30. The van der Waals surface area contributed by atoms with Crippen molar-refractivity contribution >= 4 is 23.3 Å². The molecular weight excluding hydrogens is 364 g/mol. The van der Waals surface area contributed by atoms with Crippen LogP contribution in [0.1, 0.15) is 37.3 Å². The number of hydrogen-bond donors (Lipinski definition) is 1. The molecular formula is C21H25ClN2O3. The summed E-state index contributed by atoms with van der Waals surface area (Å²) in [5.41, 5.74) is 1.70. The summed E-state index contributed by atoms with van der Waals surface area (Å²) in [5, 5.41) is 3.70. The van der Waals surface area contributed by atoms with Crippen molar-refractivity contribution in [2.45, 2.75) is 31.7 Å². The van der Waals surface area contributed by atoms with Gasteiger partial charge in [-0.25, -0.2) is 4.79 Å². The van der Waals surface area contributed by atoms with E-state index >= 15 is 0 Å². The Bertz CT molecular complexity index is 779. The third-order valence-electron chi connectivity index (χ3n) is 4.92. The Balaban J connectivity index is 1.85. The van der Waals surface area contributed by atoms with Crippen LogP contribution in [0, 0.1) is 0 Å². The lowest BCUT2D eigenvalue weighted by molar-refractivity contribution is 0.189. The van der Waals surface area contributed by atoms with Crippen molar-refractivity contribution in [1.82, 2.24) is 4.90 Å². The van der Waals surface area contributed by atoms with Gasteiger partial charge in [0.1, 0.15) is 11.5 Å². The number of rotatable bonds is 4. The monoisotopic (exact) mass is 388 g/mol. The largest absolute Gasteiger partial charge is 0.497 e. The molecule has 0 radical (unpaired) electrons. The fourth-order valence-corrected chi connectivity index (χ4v) is 3.61. The highest BCUT2D eigenvalue weighted by atomic mass is 35.5. The maximum Gasteiger partial charge on any atom is 0.322 e. The normalized spacial score (nSPS) is 17.1. The van der Waals surface area contributed by atoms with Crippen molar-refractivity contribution in [3.8, 4) is 11.5 Å². The summed E-state index contributed by atoms with van der Waals surface area (Å²) in [5.74, 6) is 1.26. The second-order valence-electron chi connectivity index (χ2n) is 6.61. The number of carbonyl (C=O) groups is 1. The number of amides is 2. The van der Waals surface area contributed by atoms with Crippen LogP contribution in [0.15, 0.2) is 42.5 Å². The Labute approximate surface area is 165 Å². The summed E-state index contributed by atoms with van der Waals surface area (Å²) >= 11 is 6.03. The van der Waals surface area contributed by atoms with Crippen LogP contribution in [-0.2, 0) is 0 Å². The quantitative estimate of drug-likeness (QED) is 0.751. The summed E-state index contributed by atoms with van der Waals surface area (Å²) in [6, 6.07) is 13.0. The first-order valence-electron chi connectivity index (χ1n) is 9.17. The fraction of sp³-hybridized carbons (Fsp3) is 0.381. The number of benzene rings is 2. The standard InChI is InChI=1S/C21H25ClN2O3/c1-26-17-11-12-20(27-2)18(14-17)23-21(25)24-13-5-3-4-6-19(24)15-7-9-16(22)10-8-15/h7-12,14,19H,3-6,13H2,1-2H3,(H,23,25)/t19-/m0/s1. The lowest BCUT2D eigenvalue weighted by atomic mass is 10.0. The highest BCUT2D eigenvalue weighted by Gasteiger charge is 2.27. The Morgan fingerprint density at radius 2 is 1.85 bits per heavy atom. The number of urea groups is 1. The minimum absolute atomic E-state index is 0.0290. The zero-order chi connectivity index (χ0) is 19.2. The molecule has 0 saturated carbocycles. The molecule has 1 aliphatic rings. The Kier molecular flexibility index (Phi) is 6.45. The van der Waals surface area contributed by atoms with Crippen molar-refractivity contribution in [2.24, 2.45) is 0 Å². The summed E-state index contributed by atoms with van der Waals surface area (Å²) in [6.45, 7) is 0.714. The average molecular weight is 389 g/mol. The Morgan fingerprint density at radius 1 is 1.07 bits per heavy atom. The van der Waals surface area contributed by atoms with E-state index in [2.05, 4.69) is 5.32 Å². The van der Waals surface area contributed by atoms with Gasteiger partial charge in [0.05, 0.1) is 25.9 Å². The van der Waals surface area contributed by atoms with Gasteiger partial charge in [0.15, 0.2) is 0 Å². The summed E-state index contributed by atoms with van der Waals surface area (Å²) in [4.78, 5) is 15.0. The van der Waals surface area contributed by atoms with E-state index in [0.717, 1.165) is 31.2 Å². The molecule has 0 aromatic heterocycles. The van der Waals surface area contributed by atoms with E-state index in [9.17, 15) is 4.79 Å². The second kappa shape index (κ2) is 9.00. The van der Waals surface area contributed by atoms with Gasteiger partial charge in [0.2, 0.25) is 0 Å². The van der Waals surface area contributed by atoms with Gasteiger partial charge in [-0.2, -0.15) is 0 Å². The van der Waals surface area contributed by atoms with Crippen LogP contribution >= 0.6 is 11.6 Å². The molecule has 2 aromatic carbocycles. The van der Waals surface area contributed by atoms with Gasteiger partial charge in [-0.15, -0.1) is 0 Å². The molecule has 6 heteroatoms. The number of hydrogen-bond acceptors (Lipinski definition) is 3. The maximum atomic E-state index is 13.1. The number of halogens is 1. The van der Waals surface area contributed by atoms with Crippen LogP contribution in [0.25, 0.3) is 0 Å².